The summed E-state index contributed by atoms with van der Waals surface area (Å²) in [6.07, 6.45) is 0. The van der Waals surface area contributed by atoms with Gasteiger partial charge in [0.15, 0.2) is 5.82 Å². The maximum absolute atomic E-state index is 15.0. The molecular formula is C23H24F2N2O2S. The number of hydrogen-bond donors (Lipinski definition) is 2. The predicted octanol–water partition coefficient (Wildman–Crippen LogP) is 6.40. The molecule has 0 unspecified atom stereocenters. The van der Waals surface area contributed by atoms with Crippen molar-refractivity contribution < 1.29 is 18.3 Å². The van der Waals surface area contributed by atoms with Gasteiger partial charge in [0, 0.05) is 10.6 Å². The Bertz CT molecular complexity index is 998. The lowest BCUT2D eigenvalue weighted by Crippen LogP contribution is -2.11. The molecule has 3 aromatic rings. The second-order valence-electron chi connectivity index (χ2n) is 5.90. The smallest absolute Gasteiger partial charge is 0.340 e. The fourth-order valence-corrected chi connectivity index (χ4v) is 3.55. The van der Waals surface area contributed by atoms with Gasteiger partial charge in [-0.3, -0.25) is 0 Å². The molecule has 0 bridgehead atoms. The zero-order chi connectivity index (χ0) is 22.1. The second kappa shape index (κ2) is 11.2. The minimum atomic E-state index is -0.832. The third-order valence-corrected chi connectivity index (χ3v) is 5.17. The van der Waals surface area contributed by atoms with Gasteiger partial charge in [0.05, 0.1) is 29.7 Å². The molecule has 0 saturated carbocycles. The average Bonchev–Trinajstić information content (AvgIpc) is 2.79. The van der Waals surface area contributed by atoms with Crippen LogP contribution in [0, 0.1) is 11.6 Å². The lowest BCUT2D eigenvalue weighted by atomic mass is 10.1. The number of benzene rings is 3. The van der Waals surface area contributed by atoms with Gasteiger partial charge in [-0.25, -0.2) is 13.6 Å². The highest BCUT2D eigenvalue weighted by Crippen LogP contribution is 2.38. The van der Waals surface area contributed by atoms with Gasteiger partial charge in [0.25, 0.3) is 0 Å². The first-order valence-electron chi connectivity index (χ1n) is 9.39. The molecule has 0 aliphatic rings. The molecule has 3 aromatic carbocycles. The lowest BCUT2D eigenvalue weighted by molar-refractivity contribution is 0.0601. The van der Waals surface area contributed by atoms with Gasteiger partial charge in [-0.05, 0) is 23.8 Å². The van der Waals surface area contributed by atoms with Crippen LogP contribution in [0.1, 0.15) is 29.8 Å². The fourth-order valence-electron chi connectivity index (χ4n) is 2.59. The molecule has 4 nitrogen and oxygen atoms in total. The summed E-state index contributed by atoms with van der Waals surface area (Å²) in [4.78, 5) is 12.6. The topological polar surface area (TPSA) is 64.3 Å². The van der Waals surface area contributed by atoms with E-state index in [0.717, 1.165) is 5.56 Å². The number of ether oxygens (including phenoxy) is 1. The third-order valence-electron chi connectivity index (χ3n) is 4.04. The Labute approximate surface area is 179 Å². The summed E-state index contributed by atoms with van der Waals surface area (Å²) in [5, 5.41) is 2.63. The van der Waals surface area contributed by atoms with Gasteiger partial charge in [-0.15, -0.1) is 11.8 Å². The number of nitrogens with two attached hydrogens (primary N) is 1. The standard InChI is InChI=1S/C21H18F2N2O2S.C2H6/c1-27-21(26)14-11-17(28-12-13-7-3-2-4-8-13)19(24)18(23)20(14)25-16-10-6-5-9-15(16)22;1-2/h2-11,25H,12,24H2,1H3;1-2H3. The number of nitrogens with one attached hydrogen (secondary N) is 1. The number of nitrogen functional groups attached to an aromatic ring is 1. The van der Waals surface area contributed by atoms with E-state index in [0.29, 0.717) is 10.6 Å². The van der Waals surface area contributed by atoms with Crippen LogP contribution in [0.15, 0.2) is 65.6 Å². The van der Waals surface area contributed by atoms with E-state index in [2.05, 4.69) is 5.32 Å². The summed E-state index contributed by atoms with van der Waals surface area (Å²) < 4.78 is 33.8. The lowest BCUT2D eigenvalue weighted by Gasteiger charge is -2.16. The molecule has 30 heavy (non-hydrogen) atoms. The van der Waals surface area contributed by atoms with E-state index in [1.165, 1.54) is 43.1 Å². The van der Waals surface area contributed by atoms with E-state index in [1.54, 1.807) is 6.07 Å². The Hall–Kier alpha value is -3.06. The first-order chi connectivity index (χ1) is 14.5. The van der Waals surface area contributed by atoms with Gasteiger partial charge in [0.2, 0.25) is 0 Å². The van der Waals surface area contributed by atoms with Gasteiger partial charge in [-0.1, -0.05) is 56.3 Å². The maximum atomic E-state index is 15.0. The molecular weight excluding hydrogens is 406 g/mol. The van der Waals surface area contributed by atoms with E-state index >= 15 is 4.39 Å². The predicted molar refractivity (Wildman–Crippen MR) is 119 cm³/mol. The van der Waals surface area contributed by atoms with Crippen LogP contribution < -0.4 is 11.1 Å². The van der Waals surface area contributed by atoms with E-state index in [-0.39, 0.29) is 22.6 Å². The van der Waals surface area contributed by atoms with Crippen molar-refractivity contribution in [1.29, 1.82) is 0 Å². The minimum Gasteiger partial charge on any atom is -0.465 e. The van der Waals surface area contributed by atoms with Crippen molar-refractivity contribution in [2.75, 3.05) is 18.2 Å². The van der Waals surface area contributed by atoms with Gasteiger partial charge >= 0.3 is 5.97 Å². The molecule has 0 aromatic heterocycles. The molecule has 3 N–H and O–H groups in total. The maximum Gasteiger partial charge on any atom is 0.340 e. The van der Waals surface area contributed by atoms with Crippen molar-refractivity contribution in [2.24, 2.45) is 0 Å². The number of carbonyl (C=O) groups is 1. The summed E-state index contributed by atoms with van der Waals surface area (Å²) in [6.45, 7) is 4.00. The molecule has 0 radical (unpaired) electrons. The number of anilines is 3. The van der Waals surface area contributed by atoms with Crippen molar-refractivity contribution in [2.45, 2.75) is 24.5 Å². The van der Waals surface area contributed by atoms with Crippen LogP contribution in [-0.4, -0.2) is 13.1 Å². The third kappa shape index (κ3) is 5.51. The van der Waals surface area contributed by atoms with Crippen molar-refractivity contribution in [3.05, 3.63) is 83.4 Å². The molecule has 0 amide bonds. The largest absolute Gasteiger partial charge is 0.465 e. The fraction of sp³-hybridized carbons (Fsp3) is 0.174. The van der Waals surface area contributed by atoms with Crippen molar-refractivity contribution in [3.63, 3.8) is 0 Å². The zero-order valence-electron chi connectivity index (χ0n) is 17.0. The van der Waals surface area contributed by atoms with Crippen molar-refractivity contribution in [1.82, 2.24) is 0 Å². The van der Waals surface area contributed by atoms with Crippen molar-refractivity contribution >= 4 is 34.8 Å². The summed E-state index contributed by atoms with van der Waals surface area (Å²) in [6, 6.07) is 16.8. The number of carbonyl (C=O) groups excluding carboxylic acids is 1. The zero-order valence-corrected chi connectivity index (χ0v) is 17.9. The highest BCUT2D eigenvalue weighted by molar-refractivity contribution is 7.98. The SMILES string of the molecule is CC.COC(=O)c1cc(SCc2ccccc2)c(N)c(F)c1Nc1ccccc1F. The van der Waals surface area contributed by atoms with Crippen LogP contribution in [0.2, 0.25) is 0 Å². The highest BCUT2D eigenvalue weighted by atomic mass is 32.2. The van der Waals surface area contributed by atoms with Crippen LogP contribution >= 0.6 is 11.8 Å². The van der Waals surface area contributed by atoms with Crippen LogP contribution in [0.3, 0.4) is 0 Å². The monoisotopic (exact) mass is 430 g/mol. The summed E-state index contributed by atoms with van der Waals surface area (Å²) >= 11 is 1.30. The first kappa shape index (κ1) is 23.2. The van der Waals surface area contributed by atoms with E-state index in [4.69, 9.17) is 10.5 Å². The number of para-hydroxylation sites is 1. The van der Waals surface area contributed by atoms with Crippen LogP contribution in [-0.2, 0) is 10.5 Å². The van der Waals surface area contributed by atoms with Crippen molar-refractivity contribution in [3.8, 4) is 0 Å². The number of esters is 1. The molecule has 0 heterocycles. The second-order valence-corrected chi connectivity index (χ2v) is 6.91. The van der Waals surface area contributed by atoms with Gasteiger partial charge in [0.1, 0.15) is 5.82 Å². The van der Waals surface area contributed by atoms with Crippen LogP contribution in [0.25, 0.3) is 0 Å². The van der Waals surface area contributed by atoms with Gasteiger partial charge < -0.3 is 15.8 Å². The number of hydrogen-bond acceptors (Lipinski definition) is 5. The summed E-state index contributed by atoms with van der Waals surface area (Å²) in [7, 11) is 1.19. The Morgan fingerprint density at radius 1 is 1.07 bits per heavy atom. The molecule has 3 rings (SSSR count). The Kier molecular flexibility index (Phi) is 8.68. The van der Waals surface area contributed by atoms with Crippen LogP contribution in [0.4, 0.5) is 25.8 Å². The van der Waals surface area contributed by atoms with Crippen LogP contribution in [0.5, 0.6) is 0 Å². The molecule has 0 fully saturated rings. The minimum absolute atomic E-state index is 0.0237. The quantitative estimate of drug-likeness (QED) is 0.269. The highest BCUT2D eigenvalue weighted by Gasteiger charge is 2.22. The summed E-state index contributed by atoms with van der Waals surface area (Å²) in [5.41, 5.74) is 6.62. The normalized spacial score (nSPS) is 10.0. The van der Waals surface area contributed by atoms with E-state index in [1.807, 2.05) is 44.2 Å². The number of methoxy groups -OCH3 is 1. The molecule has 158 valence electrons. The van der Waals surface area contributed by atoms with E-state index in [9.17, 15) is 9.18 Å². The van der Waals surface area contributed by atoms with E-state index < -0.39 is 17.6 Å². The Morgan fingerprint density at radius 3 is 2.33 bits per heavy atom. The summed E-state index contributed by atoms with van der Waals surface area (Å²) in [5.74, 6) is -1.62. The number of thioether (sulfide) groups is 1. The number of halogens is 2. The molecule has 0 spiro atoms. The number of rotatable bonds is 6. The molecule has 0 aliphatic heterocycles. The van der Waals surface area contributed by atoms with Gasteiger partial charge in [-0.2, -0.15) is 0 Å². The Morgan fingerprint density at radius 2 is 1.70 bits per heavy atom. The molecule has 0 saturated heterocycles. The molecule has 7 heteroatoms. The Balaban J connectivity index is 0.00000155. The molecule has 0 atom stereocenters. The molecule has 0 aliphatic carbocycles. The average molecular weight is 431 g/mol. The first-order valence-corrected chi connectivity index (χ1v) is 10.4.